The molecule has 1 saturated heterocycles. The Morgan fingerprint density at radius 1 is 1.20 bits per heavy atom. The Labute approximate surface area is 207 Å². The third-order valence-corrected chi connectivity index (χ3v) is 6.34. The molecular formula is C23H30ClN7O4. The first kappa shape index (κ1) is 25.0. The topological polar surface area (TPSA) is 135 Å². The van der Waals surface area contributed by atoms with Crippen molar-refractivity contribution >= 4 is 40.5 Å². The van der Waals surface area contributed by atoms with E-state index >= 15 is 0 Å². The molecule has 3 aromatic heterocycles. The van der Waals surface area contributed by atoms with Crippen LogP contribution < -0.4 is 21.5 Å². The highest BCUT2D eigenvalue weighted by Gasteiger charge is 2.20. The van der Waals surface area contributed by atoms with E-state index in [1.165, 1.54) is 24.2 Å². The highest BCUT2D eigenvalue weighted by Crippen LogP contribution is 2.25. The van der Waals surface area contributed by atoms with Gasteiger partial charge in [0.15, 0.2) is 5.65 Å². The molecular weight excluding hydrogens is 474 g/mol. The molecule has 4 heterocycles. The zero-order valence-electron chi connectivity index (χ0n) is 19.8. The van der Waals surface area contributed by atoms with Gasteiger partial charge in [-0.2, -0.15) is 9.61 Å². The molecule has 1 saturated carbocycles. The minimum Gasteiger partial charge on any atom is -0.393 e. The number of anilines is 3. The summed E-state index contributed by atoms with van der Waals surface area (Å²) in [6.07, 6.45) is 7.99. The van der Waals surface area contributed by atoms with E-state index in [0.29, 0.717) is 46.8 Å². The number of carbonyl (C=O) groups excluding carboxylic acids is 1. The average Bonchev–Trinajstić information content (AvgIpc) is 3.28. The van der Waals surface area contributed by atoms with Gasteiger partial charge in [0.2, 0.25) is 0 Å². The first-order valence-electron chi connectivity index (χ1n) is 11.6. The molecule has 11 nitrogen and oxygen atoms in total. The number of ether oxygens (including phenoxy) is 1. The van der Waals surface area contributed by atoms with Gasteiger partial charge < -0.3 is 30.4 Å². The number of fused-ring (bicyclic) bond motifs is 1. The molecule has 1 aliphatic carbocycles. The van der Waals surface area contributed by atoms with E-state index in [1.54, 1.807) is 29.9 Å². The van der Waals surface area contributed by atoms with E-state index in [1.807, 2.05) is 0 Å². The number of carbonyl (C=O) groups is 1. The first-order valence-corrected chi connectivity index (χ1v) is 12.0. The molecule has 0 spiro atoms. The number of pyridine rings is 1. The van der Waals surface area contributed by atoms with Gasteiger partial charge >= 0.3 is 0 Å². The minimum absolute atomic E-state index is 0.0310. The predicted molar refractivity (Wildman–Crippen MR) is 134 cm³/mol. The lowest BCUT2D eigenvalue weighted by Gasteiger charge is -2.25. The van der Waals surface area contributed by atoms with Crippen molar-refractivity contribution in [3.8, 4) is 0 Å². The van der Waals surface area contributed by atoms with Crippen molar-refractivity contribution in [2.75, 3.05) is 37.9 Å². The van der Waals surface area contributed by atoms with E-state index < -0.39 is 0 Å². The van der Waals surface area contributed by atoms with Gasteiger partial charge in [-0.3, -0.25) is 9.59 Å². The number of halogens is 1. The molecule has 188 valence electrons. The van der Waals surface area contributed by atoms with Crippen LogP contribution in [0.2, 0.25) is 5.02 Å². The summed E-state index contributed by atoms with van der Waals surface area (Å²) in [4.78, 5) is 29.7. The van der Waals surface area contributed by atoms with Crippen molar-refractivity contribution in [2.24, 2.45) is 0 Å². The summed E-state index contributed by atoms with van der Waals surface area (Å²) in [6.45, 7) is 1.22. The Bertz CT molecular complexity index is 1250. The van der Waals surface area contributed by atoms with Crippen LogP contribution in [0.4, 0.5) is 17.3 Å². The average molecular weight is 504 g/mol. The summed E-state index contributed by atoms with van der Waals surface area (Å²) in [5, 5.41) is 21.8. The van der Waals surface area contributed by atoms with Gasteiger partial charge in [-0.15, -0.1) is 0 Å². The standard InChI is InChI=1S/C19H22ClN7O3.C4H8O/c1-21-16-8-15(25-17-13(18(28)22-2)9-23-27(16)17)24-14-7-11(20)10-26(19(14)29)12-3-5-30-6-4-12;5-4-2-1-3-4/h7-10,12,21H,3-6H2,1-2H3,(H,22,28)(H,24,25);4-5H,1-3H2. The fraction of sp³-hybridized carbons (Fsp3) is 0.478. The largest absolute Gasteiger partial charge is 0.393 e. The second kappa shape index (κ2) is 11.1. The van der Waals surface area contributed by atoms with E-state index in [2.05, 4.69) is 26.0 Å². The molecule has 5 rings (SSSR count). The number of aliphatic hydroxyl groups excluding tert-OH is 1. The maximum absolute atomic E-state index is 13.1. The maximum atomic E-state index is 13.1. The Morgan fingerprint density at radius 2 is 1.91 bits per heavy atom. The second-order valence-corrected chi connectivity index (χ2v) is 8.92. The van der Waals surface area contributed by atoms with Crippen molar-refractivity contribution in [1.29, 1.82) is 0 Å². The quantitative estimate of drug-likeness (QED) is 0.417. The number of aliphatic hydroxyl groups is 1. The van der Waals surface area contributed by atoms with E-state index in [-0.39, 0.29) is 23.6 Å². The third-order valence-electron chi connectivity index (χ3n) is 6.13. The monoisotopic (exact) mass is 503 g/mol. The number of aromatic nitrogens is 4. The summed E-state index contributed by atoms with van der Waals surface area (Å²) >= 11 is 6.30. The van der Waals surface area contributed by atoms with Crippen LogP contribution in [0.25, 0.3) is 5.65 Å². The predicted octanol–water partition coefficient (Wildman–Crippen LogP) is 2.57. The number of amides is 1. The molecule has 3 aromatic rings. The highest BCUT2D eigenvalue weighted by atomic mass is 35.5. The fourth-order valence-corrected chi connectivity index (χ4v) is 4.13. The number of nitrogens with zero attached hydrogens (tertiary/aromatic N) is 4. The Hall–Kier alpha value is -3.15. The molecule has 35 heavy (non-hydrogen) atoms. The molecule has 2 aliphatic rings. The number of hydrogen-bond donors (Lipinski definition) is 4. The van der Waals surface area contributed by atoms with Crippen molar-refractivity contribution in [1.82, 2.24) is 24.5 Å². The van der Waals surface area contributed by atoms with Crippen LogP contribution >= 0.6 is 11.6 Å². The lowest BCUT2D eigenvalue weighted by Crippen LogP contribution is -2.30. The Morgan fingerprint density at radius 3 is 2.51 bits per heavy atom. The van der Waals surface area contributed by atoms with Crippen LogP contribution in [0.15, 0.2) is 29.3 Å². The third kappa shape index (κ3) is 5.58. The van der Waals surface area contributed by atoms with Gasteiger partial charge in [0.25, 0.3) is 11.5 Å². The van der Waals surface area contributed by atoms with E-state index in [0.717, 1.165) is 25.7 Å². The second-order valence-electron chi connectivity index (χ2n) is 8.49. The van der Waals surface area contributed by atoms with Crippen molar-refractivity contribution in [3.05, 3.63) is 45.5 Å². The lowest BCUT2D eigenvalue weighted by atomic mass is 9.97. The molecule has 0 unspecified atom stereocenters. The van der Waals surface area contributed by atoms with Crippen LogP contribution in [0.3, 0.4) is 0 Å². The first-order chi connectivity index (χ1) is 16.9. The number of hydrogen-bond acceptors (Lipinski definition) is 8. The van der Waals surface area contributed by atoms with Crippen molar-refractivity contribution < 1.29 is 14.6 Å². The van der Waals surface area contributed by atoms with E-state index in [4.69, 9.17) is 21.4 Å². The zero-order valence-corrected chi connectivity index (χ0v) is 20.5. The van der Waals surface area contributed by atoms with Crippen LogP contribution in [0, 0.1) is 0 Å². The molecule has 1 aliphatic heterocycles. The summed E-state index contributed by atoms with van der Waals surface area (Å²) in [7, 11) is 3.27. The van der Waals surface area contributed by atoms with Crippen LogP contribution in [-0.4, -0.2) is 63.6 Å². The SMILES string of the molecule is CNC(=O)c1cnn2c(NC)cc(Nc3cc(Cl)cn(C4CCOCC4)c3=O)nc12.OC1CCC1. The van der Waals surface area contributed by atoms with E-state index in [9.17, 15) is 9.59 Å². The van der Waals surface area contributed by atoms with Crippen LogP contribution in [0.1, 0.15) is 48.5 Å². The van der Waals surface area contributed by atoms with Crippen LogP contribution in [0.5, 0.6) is 0 Å². The molecule has 0 atom stereocenters. The van der Waals surface area contributed by atoms with Gasteiger partial charge in [-0.1, -0.05) is 11.6 Å². The molecule has 2 fully saturated rings. The molecule has 0 aromatic carbocycles. The van der Waals surface area contributed by atoms with Gasteiger partial charge in [0.1, 0.15) is 22.9 Å². The molecule has 0 radical (unpaired) electrons. The molecule has 0 bridgehead atoms. The normalized spacial score (nSPS) is 16.2. The Kier molecular flexibility index (Phi) is 7.89. The number of nitrogens with one attached hydrogen (secondary N) is 3. The molecule has 1 amide bonds. The molecule has 12 heteroatoms. The smallest absolute Gasteiger partial charge is 0.274 e. The van der Waals surface area contributed by atoms with Gasteiger partial charge in [-0.25, -0.2) is 4.98 Å². The number of rotatable bonds is 5. The Balaban J connectivity index is 0.000000514. The summed E-state index contributed by atoms with van der Waals surface area (Å²) < 4.78 is 8.57. The summed E-state index contributed by atoms with van der Waals surface area (Å²) in [5.41, 5.74) is 0.784. The minimum atomic E-state index is -0.304. The zero-order chi connectivity index (χ0) is 24.9. The van der Waals surface area contributed by atoms with Crippen molar-refractivity contribution in [3.63, 3.8) is 0 Å². The van der Waals surface area contributed by atoms with Crippen molar-refractivity contribution in [2.45, 2.75) is 44.2 Å². The lowest BCUT2D eigenvalue weighted by molar-refractivity contribution is 0.0687. The molecule has 4 N–H and O–H groups in total. The highest BCUT2D eigenvalue weighted by molar-refractivity contribution is 6.30. The summed E-state index contributed by atoms with van der Waals surface area (Å²) in [5.74, 6) is 0.682. The van der Waals surface area contributed by atoms with Crippen LogP contribution in [-0.2, 0) is 4.74 Å². The fourth-order valence-electron chi connectivity index (χ4n) is 3.92. The van der Waals surface area contributed by atoms with Gasteiger partial charge in [0, 0.05) is 45.6 Å². The van der Waals surface area contributed by atoms with Gasteiger partial charge in [-0.05, 0) is 38.2 Å². The summed E-state index contributed by atoms with van der Waals surface area (Å²) in [6, 6.07) is 3.30. The van der Waals surface area contributed by atoms with Gasteiger partial charge in [0.05, 0.1) is 17.3 Å². The maximum Gasteiger partial charge on any atom is 0.274 e.